The highest BCUT2D eigenvalue weighted by Gasteiger charge is 2.12. The zero-order chi connectivity index (χ0) is 14.9. The first-order valence-electron chi connectivity index (χ1n) is 5.80. The molecule has 0 saturated carbocycles. The first-order valence-corrected chi connectivity index (χ1v) is 5.80. The maximum absolute atomic E-state index is 13.8. The number of amides is 1. The Bertz CT molecular complexity index is 686. The van der Waals surface area contributed by atoms with Gasteiger partial charge in [-0.05, 0) is 42.8 Å². The molecular weight excluding hydrogens is 264 g/mol. The molecule has 0 heterocycles. The van der Waals surface area contributed by atoms with Crippen LogP contribution in [-0.2, 0) is 0 Å². The first-order chi connectivity index (χ1) is 9.38. The minimum absolute atomic E-state index is 0.0219. The van der Waals surface area contributed by atoms with Gasteiger partial charge >= 0.3 is 0 Å². The predicted molar refractivity (Wildman–Crippen MR) is 73.8 cm³/mol. The van der Waals surface area contributed by atoms with Crippen molar-refractivity contribution < 1.29 is 13.6 Å². The van der Waals surface area contributed by atoms with Crippen molar-refractivity contribution in [2.24, 2.45) is 5.73 Å². The molecule has 4 nitrogen and oxygen atoms in total. The second kappa shape index (κ2) is 5.16. The average molecular weight is 277 g/mol. The highest BCUT2D eigenvalue weighted by atomic mass is 19.1. The van der Waals surface area contributed by atoms with Gasteiger partial charge < -0.3 is 16.8 Å². The summed E-state index contributed by atoms with van der Waals surface area (Å²) in [6.45, 7) is 1.68. The van der Waals surface area contributed by atoms with E-state index in [-0.39, 0.29) is 22.8 Å². The summed E-state index contributed by atoms with van der Waals surface area (Å²) in [7, 11) is 0. The molecule has 6 heteroatoms. The number of aryl methyl sites for hydroxylation is 1. The number of nitrogens with one attached hydrogen (secondary N) is 1. The van der Waals surface area contributed by atoms with Gasteiger partial charge in [0.1, 0.15) is 11.6 Å². The molecule has 0 spiro atoms. The van der Waals surface area contributed by atoms with Crippen LogP contribution < -0.4 is 16.8 Å². The summed E-state index contributed by atoms with van der Waals surface area (Å²) in [5.41, 5.74) is 11.8. The molecule has 0 aromatic heterocycles. The Hall–Kier alpha value is -2.63. The second-order valence-electron chi connectivity index (χ2n) is 4.37. The van der Waals surface area contributed by atoms with E-state index < -0.39 is 11.7 Å². The third-order valence-corrected chi connectivity index (χ3v) is 2.86. The van der Waals surface area contributed by atoms with E-state index in [4.69, 9.17) is 11.5 Å². The SMILES string of the molecule is Cc1cc(F)ccc1Nc1cc(C(N)=O)c(N)cc1F. The highest BCUT2D eigenvalue weighted by Crippen LogP contribution is 2.27. The monoisotopic (exact) mass is 277 g/mol. The summed E-state index contributed by atoms with van der Waals surface area (Å²) in [5.74, 6) is -1.76. The molecule has 5 N–H and O–H groups in total. The molecule has 2 rings (SSSR count). The summed E-state index contributed by atoms with van der Waals surface area (Å²) < 4.78 is 26.8. The third-order valence-electron chi connectivity index (χ3n) is 2.86. The molecule has 0 bridgehead atoms. The molecule has 0 fully saturated rings. The van der Waals surface area contributed by atoms with Crippen molar-refractivity contribution in [3.63, 3.8) is 0 Å². The van der Waals surface area contributed by atoms with E-state index >= 15 is 0 Å². The van der Waals surface area contributed by atoms with Crippen molar-refractivity contribution in [1.82, 2.24) is 0 Å². The largest absolute Gasteiger partial charge is 0.398 e. The van der Waals surface area contributed by atoms with Crippen LogP contribution in [0, 0.1) is 18.6 Å². The van der Waals surface area contributed by atoms with Gasteiger partial charge in [-0.25, -0.2) is 8.78 Å². The van der Waals surface area contributed by atoms with Crippen LogP contribution in [0.5, 0.6) is 0 Å². The Morgan fingerprint density at radius 3 is 2.45 bits per heavy atom. The summed E-state index contributed by atoms with van der Waals surface area (Å²) >= 11 is 0. The van der Waals surface area contributed by atoms with Crippen LogP contribution in [0.3, 0.4) is 0 Å². The number of rotatable bonds is 3. The van der Waals surface area contributed by atoms with E-state index in [0.717, 1.165) is 6.07 Å². The van der Waals surface area contributed by atoms with E-state index in [0.29, 0.717) is 11.3 Å². The molecule has 0 unspecified atom stereocenters. The Labute approximate surface area is 114 Å². The molecule has 0 saturated heterocycles. The quantitative estimate of drug-likeness (QED) is 0.754. The lowest BCUT2D eigenvalue weighted by molar-refractivity contribution is 0.100. The number of nitrogens with two attached hydrogens (primary N) is 2. The molecule has 0 radical (unpaired) electrons. The van der Waals surface area contributed by atoms with E-state index in [1.54, 1.807) is 6.92 Å². The van der Waals surface area contributed by atoms with Crippen LogP contribution >= 0.6 is 0 Å². The third kappa shape index (κ3) is 2.69. The number of carbonyl (C=O) groups excluding carboxylic acids is 1. The van der Waals surface area contributed by atoms with Crippen molar-refractivity contribution >= 4 is 23.0 Å². The maximum atomic E-state index is 13.8. The predicted octanol–water partition coefficient (Wildman–Crippen LogP) is 2.70. The lowest BCUT2D eigenvalue weighted by atomic mass is 10.1. The molecule has 0 aliphatic carbocycles. The minimum Gasteiger partial charge on any atom is -0.398 e. The number of halogens is 2. The molecule has 1 amide bonds. The molecular formula is C14H13F2N3O. The lowest BCUT2D eigenvalue weighted by Gasteiger charge is -2.12. The Morgan fingerprint density at radius 2 is 1.85 bits per heavy atom. The average Bonchev–Trinajstić information content (AvgIpc) is 2.35. The van der Waals surface area contributed by atoms with Gasteiger partial charge in [-0.3, -0.25) is 4.79 Å². The summed E-state index contributed by atoms with van der Waals surface area (Å²) in [6, 6.07) is 6.29. The Kier molecular flexibility index (Phi) is 3.56. The van der Waals surface area contributed by atoms with Gasteiger partial charge in [0, 0.05) is 11.4 Å². The van der Waals surface area contributed by atoms with Gasteiger partial charge in [0.05, 0.1) is 11.3 Å². The molecule has 20 heavy (non-hydrogen) atoms. The molecule has 0 atom stereocenters. The summed E-state index contributed by atoms with van der Waals surface area (Å²) in [4.78, 5) is 11.2. The van der Waals surface area contributed by atoms with E-state index in [9.17, 15) is 13.6 Å². The van der Waals surface area contributed by atoms with E-state index in [1.165, 1.54) is 24.3 Å². The van der Waals surface area contributed by atoms with Crippen molar-refractivity contribution in [1.29, 1.82) is 0 Å². The molecule has 104 valence electrons. The van der Waals surface area contributed by atoms with Crippen LogP contribution in [0.2, 0.25) is 0 Å². The van der Waals surface area contributed by atoms with Gasteiger partial charge in [-0.1, -0.05) is 0 Å². The first kappa shape index (κ1) is 13.8. The van der Waals surface area contributed by atoms with Gasteiger partial charge in [0.2, 0.25) is 0 Å². The van der Waals surface area contributed by atoms with Crippen molar-refractivity contribution in [3.8, 4) is 0 Å². The van der Waals surface area contributed by atoms with Crippen LogP contribution in [0.15, 0.2) is 30.3 Å². The van der Waals surface area contributed by atoms with Gasteiger partial charge in [-0.15, -0.1) is 0 Å². The number of benzene rings is 2. The van der Waals surface area contributed by atoms with Crippen molar-refractivity contribution in [2.45, 2.75) is 6.92 Å². The number of primary amides is 1. The molecule has 2 aromatic rings. The number of anilines is 3. The fourth-order valence-electron chi connectivity index (χ4n) is 1.81. The molecule has 0 aliphatic rings. The Morgan fingerprint density at radius 1 is 1.15 bits per heavy atom. The Balaban J connectivity index is 2.43. The number of carbonyl (C=O) groups is 1. The zero-order valence-corrected chi connectivity index (χ0v) is 10.7. The minimum atomic E-state index is -0.749. The zero-order valence-electron chi connectivity index (χ0n) is 10.7. The highest BCUT2D eigenvalue weighted by molar-refractivity contribution is 5.99. The van der Waals surface area contributed by atoms with Crippen molar-refractivity contribution in [2.75, 3.05) is 11.1 Å². The van der Waals surface area contributed by atoms with Crippen LogP contribution in [0.25, 0.3) is 0 Å². The molecule has 0 aliphatic heterocycles. The molecule has 2 aromatic carbocycles. The van der Waals surface area contributed by atoms with Crippen molar-refractivity contribution in [3.05, 3.63) is 53.1 Å². The summed E-state index contributed by atoms with van der Waals surface area (Å²) in [5, 5.41) is 2.79. The standard InChI is InChI=1S/C14H13F2N3O/c1-7-4-8(15)2-3-12(7)19-13-5-9(14(18)20)11(17)6-10(13)16/h2-6,19H,17H2,1H3,(H2,18,20). The van der Waals surface area contributed by atoms with Crippen LogP contribution in [0.1, 0.15) is 15.9 Å². The van der Waals surface area contributed by atoms with Gasteiger partial charge in [-0.2, -0.15) is 0 Å². The summed E-state index contributed by atoms with van der Waals surface area (Å²) in [6.07, 6.45) is 0. The second-order valence-corrected chi connectivity index (χ2v) is 4.37. The number of hydrogen-bond acceptors (Lipinski definition) is 3. The van der Waals surface area contributed by atoms with Gasteiger partial charge in [0.25, 0.3) is 5.91 Å². The smallest absolute Gasteiger partial charge is 0.250 e. The van der Waals surface area contributed by atoms with E-state index in [2.05, 4.69) is 5.32 Å². The van der Waals surface area contributed by atoms with Crippen LogP contribution in [0.4, 0.5) is 25.8 Å². The fourth-order valence-corrected chi connectivity index (χ4v) is 1.81. The van der Waals surface area contributed by atoms with Crippen LogP contribution in [-0.4, -0.2) is 5.91 Å². The maximum Gasteiger partial charge on any atom is 0.250 e. The number of hydrogen-bond donors (Lipinski definition) is 3. The van der Waals surface area contributed by atoms with Gasteiger partial charge in [0.15, 0.2) is 0 Å². The fraction of sp³-hybridized carbons (Fsp3) is 0.0714. The number of nitrogen functional groups attached to an aromatic ring is 1. The lowest BCUT2D eigenvalue weighted by Crippen LogP contribution is -2.14. The topological polar surface area (TPSA) is 81.1 Å². The normalized spacial score (nSPS) is 10.3. The van der Waals surface area contributed by atoms with E-state index in [1.807, 2.05) is 0 Å².